The van der Waals surface area contributed by atoms with Gasteiger partial charge in [-0.25, -0.2) is 9.59 Å². The molecule has 1 heterocycles. The van der Waals surface area contributed by atoms with Crippen molar-refractivity contribution in [2.45, 2.75) is 77.6 Å². The highest BCUT2D eigenvalue weighted by atomic mass is 16.6. The number of rotatable bonds is 6. The molecule has 8 heteroatoms. The van der Waals surface area contributed by atoms with Gasteiger partial charge in [-0.15, -0.1) is 0 Å². The van der Waals surface area contributed by atoms with Gasteiger partial charge in [0.05, 0.1) is 11.8 Å². The Balaban J connectivity index is 1.49. The molecule has 0 amide bonds. The molecule has 0 aromatic carbocycles. The Morgan fingerprint density at radius 1 is 1.16 bits per heavy atom. The fraction of sp³-hybridized carbons (Fsp3) is 0.750. The molecule has 0 aromatic heterocycles. The van der Waals surface area contributed by atoms with Crippen molar-refractivity contribution in [2.75, 3.05) is 6.61 Å². The summed E-state index contributed by atoms with van der Waals surface area (Å²) in [5, 5.41) is 0. The van der Waals surface area contributed by atoms with Gasteiger partial charge >= 0.3 is 23.9 Å². The number of esters is 4. The summed E-state index contributed by atoms with van der Waals surface area (Å²) in [6.07, 6.45) is 2.85. The van der Waals surface area contributed by atoms with Crippen molar-refractivity contribution in [1.82, 2.24) is 0 Å². The van der Waals surface area contributed by atoms with Gasteiger partial charge in [-0.2, -0.15) is 0 Å². The molecule has 3 saturated carbocycles. The highest BCUT2D eigenvalue weighted by molar-refractivity contribution is 5.89. The summed E-state index contributed by atoms with van der Waals surface area (Å²) in [5.74, 6) is -4.02. The van der Waals surface area contributed by atoms with Crippen LogP contribution in [0.2, 0.25) is 0 Å². The topological polar surface area (TPSA) is 105 Å². The van der Waals surface area contributed by atoms with Crippen molar-refractivity contribution in [3.8, 4) is 0 Å². The lowest BCUT2D eigenvalue weighted by Gasteiger charge is -2.42. The van der Waals surface area contributed by atoms with Gasteiger partial charge in [0.2, 0.25) is 0 Å². The summed E-state index contributed by atoms with van der Waals surface area (Å²) in [7, 11) is 0. The Morgan fingerprint density at radius 2 is 1.81 bits per heavy atom. The standard InChI is InChI=1S/C24H32O8/c1-12(2)20(26)29-11-15(25)30-18-14-10-13-16(21(27)31-19(13)18)17(14)22(28)32-24(23(3,4)5)8-6-7-9-24/h13-14,16-19H,1,6-11H2,2-5H3. The van der Waals surface area contributed by atoms with E-state index >= 15 is 0 Å². The first-order valence-corrected chi connectivity index (χ1v) is 11.4. The van der Waals surface area contributed by atoms with E-state index in [2.05, 4.69) is 27.4 Å². The van der Waals surface area contributed by atoms with Crippen LogP contribution in [0.4, 0.5) is 0 Å². The van der Waals surface area contributed by atoms with Crippen molar-refractivity contribution in [3.05, 3.63) is 12.2 Å². The van der Waals surface area contributed by atoms with Crippen LogP contribution in [0.3, 0.4) is 0 Å². The second-order valence-electron chi connectivity index (χ2n) is 10.7. The van der Waals surface area contributed by atoms with Gasteiger partial charge in [0.25, 0.3) is 0 Å². The molecule has 32 heavy (non-hydrogen) atoms. The second kappa shape index (κ2) is 7.89. The van der Waals surface area contributed by atoms with Crippen molar-refractivity contribution in [3.63, 3.8) is 0 Å². The molecule has 4 rings (SSSR count). The van der Waals surface area contributed by atoms with Crippen molar-refractivity contribution >= 4 is 23.9 Å². The van der Waals surface area contributed by atoms with Crippen LogP contribution in [0.5, 0.6) is 0 Å². The molecule has 4 fully saturated rings. The molecule has 1 aliphatic heterocycles. The minimum absolute atomic E-state index is 0.171. The largest absolute Gasteiger partial charge is 0.458 e. The molecular weight excluding hydrogens is 416 g/mol. The van der Waals surface area contributed by atoms with Crippen molar-refractivity contribution < 1.29 is 38.1 Å². The van der Waals surface area contributed by atoms with Gasteiger partial charge in [-0.3, -0.25) is 9.59 Å². The molecule has 2 bridgehead atoms. The van der Waals surface area contributed by atoms with Crippen LogP contribution >= 0.6 is 0 Å². The van der Waals surface area contributed by atoms with E-state index < -0.39 is 60.1 Å². The third-order valence-corrected chi connectivity index (χ3v) is 7.83. The van der Waals surface area contributed by atoms with Crippen LogP contribution in [-0.2, 0) is 38.1 Å². The molecule has 1 saturated heterocycles. The lowest BCUT2D eigenvalue weighted by molar-refractivity contribution is -0.186. The van der Waals surface area contributed by atoms with Gasteiger partial charge in [0.15, 0.2) is 6.61 Å². The summed E-state index contributed by atoms with van der Waals surface area (Å²) in [5.41, 5.74) is -0.613. The van der Waals surface area contributed by atoms with Gasteiger partial charge in [0, 0.05) is 22.8 Å². The SMILES string of the molecule is C=C(C)C(=O)OCC(=O)OC1C2CC3C1OC(=O)C3C2C(=O)OC1(C(C)(C)C)CCCC1. The fourth-order valence-corrected chi connectivity index (χ4v) is 6.11. The van der Waals surface area contributed by atoms with Crippen LogP contribution in [0.25, 0.3) is 0 Å². The minimum Gasteiger partial charge on any atom is -0.458 e. The van der Waals surface area contributed by atoms with Crippen LogP contribution < -0.4 is 0 Å². The third-order valence-electron chi connectivity index (χ3n) is 7.83. The minimum atomic E-state index is -0.745. The van der Waals surface area contributed by atoms with E-state index in [4.69, 9.17) is 18.9 Å². The quantitative estimate of drug-likeness (QED) is 0.347. The predicted molar refractivity (Wildman–Crippen MR) is 111 cm³/mol. The Kier molecular flexibility index (Phi) is 5.62. The maximum atomic E-state index is 13.4. The summed E-state index contributed by atoms with van der Waals surface area (Å²) in [6, 6.07) is 0. The van der Waals surface area contributed by atoms with E-state index in [1.54, 1.807) is 0 Å². The number of hydrogen-bond donors (Lipinski definition) is 0. The Morgan fingerprint density at radius 3 is 2.41 bits per heavy atom. The van der Waals surface area contributed by atoms with Crippen LogP contribution in [-0.4, -0.2) is 48.3 Å². The molecule has 0 spiro atoms. The molecule has 6 atom stereocenters. The fourth-order valence-electron chi connectivity index (χ4n) is 6.11. The highest BCUT2D eigenvalue weighted by Gasteiger charge is 2.70. The summed E-state index contributed by atoms with van der Waals surface area (Å²) in [6.45, 7) is 10.6. The molecule has 6 unspecified atom stereocenters. The molecule has 176 valence electrons. The molecule has 4 aliphatic rings. The number of hydrogen-bond acceptors (Lipinski definition) is 8. The predicted octanol–water partition coefficient (Wildman–Crippen LogP) is 2.73. The van der Waals surface area contributed by atoms with E-state index in [1.807, 2.05) is 0 Å². The van der Waals surface area contributed by atoms with Gasteiger partial charge in [0.1, 0.15) is 17.8 Å². The first kappa shape index (κ1) is 22.8. The van der Waals surface area contributed by atoms with Gasteiger partial charge in [-0.05, 0) is 39.0 Å². The summed E-state index contributed by atoms with van der Waals surface area (Å²) >= 11 is 0. The van der Waals surface area contributed by atoms with E-state index in [-0.39, 0.29) is 22.8 Å². The molecule has 0 N–H and O–H groups in total. The number of ether oxygens (including phenoxy) is 4. The monoisotopic (exact) mass is 448 g/mol. The summed E-state index contributed by atoms with van der Waals surface area (Å²) < 4.78 is 22.1. The third kappa shape index (κ3) is 3.61. The normalized spacial score (nSPS) is 34.2. The number of carbonyl (C=O) groups excluding carboxylic acids is 4. The van der Waals surface area contributed by atoms with Gasteiger partial charge < -0.3 is 18.9 Å². The van der Waals surface area contributed by atoms with Crippen LogP contribution in [0.1, 0.15) is 59.8 Å². The van der Waals surface area contributed by atoms with E-state index in [9.17, 15) is 19.2 Å². The number of fused-ring (bicyclic) bond motifs is 1. The van der Waals surface area contributed by atoms with E-state index in [1.165, 1.54) is 6.92 Å². The van der Waals surface area contributed by atoms with Crippen LogP contribution in [0, 0.1) is 29.1 Å². The summed E-state index contributed by atoms with van der Waals surface area (Å²) in [4.78, 5) is 49.9. The Labute approximate surface area is 188 Å². The van der Waals surface area contributed by atoms with Crippen molar-refractivity contribution in [2.24, 2.45) is 29.1 Å². The Bertz CT molecular complexity index is 847. The smallest absolute Gasteiger partial charge is 0.344 e. The average Bonchev–Trinajstić information content (AvgIpc) is 3.43. The number of carbonyl (C=O) groups is 4. The average molecular weight is 449 g/mol. The maximum Gasteiger partial charge on any atom is 0.344 e. The lowest BCUT2D eigenvalue weighted by atomic mass is 9.74. The van der Waals surface area contributed by atoms with E-state index in [0.717, 1.165) is 25.7 Å². The molecule has 0 aromatic rings. The molecule has 8 nitrogen and oxygen atoms in total. The second-order valence-corrected chi connectivity index (χ2v) is 10.7. The highest BCUT2D eigenvalue weighted by Crippen LogP contribution is 2.59. The Hall–Kier alpha value is -2.38. The van der Waals surface area contributed by atoms with Crippen molar-refractivity contribution in [1.29, 1.82) is 0 Å². The molecular formula is C24H32O8. The zero-order valence-electron chi connectivity index (χ0n) is 19.2. The zero-order valence-corrected chi connectivity index (χ0v) is 19.2. The lowest BCUT2D eigenvalue weighted by Crippen LogP contribution is -2.49. The van der Waals surface area contributed by atoms with Gasteiger partial charge in [-0.1, -0.05) is 27.4 Å². The molecule has 3 aliphatic carbocycles. The van der Waals surface area contributed by atoms with E-state index in [0.29, 0.717) is 6.42 Å². The first-order valence-electron chi connectivity index (χ1n) is 11.4. The zero-order chi connectivity index (χ0) is 23.4. The maximum absolute atomic E-state index is 13.4. The van der Waals surface area contributed by atoms with Crippen LogP contribution in [0.15, 0.2) is 12.2 Å². The molecule has 0 radical (unpaired) electrons. The first-order chi connectivity index (χ1) is 14.9.